The maximum Gasteiger partial charge on any atom is 0.242 e. The summed E-state index contributed by atoms with van der Waals surface area (Å²) in [5, 5.41) is 2.92. The van der Waals surface area contributed by atoms with Gasteiger partial charge in [-0.2, -0.15) is 0 Å². The van der Waals surface area contributed by atoms with Gasteiger partial charge >= 0.3 is 0 Å². The number of likely N-dealkylation sites (tertiary alicyclic amines) is 1. The fourth-order valence-corrected chi connectivity index (χ4v) is 3.18. The van der Waals surface area contributed by atoms with Crippen molar-refractivity contribution in [3.63, 3.8) is 0 Å². The average molecular weight is 366 g/mol. The van der Waals surface area contributed by atoms with Gasteiger partial charge in [0.05, 0.1) is 13.1 Å². The molecule has 0 aromatic heterocycles. The second-order valence-corrected chi connectivity index (χ2v) is 6.84. The van der Waals surface area contributed by atoms with E-state index in [1.165, 1.54) is 0 Å². The Labute approximate surface area is 159 Å². The van der Waals surface area contributed by atoms with Crippen LogP contribution in [-0.4, -0.2) is 48.9 Å². The highest BCUT2D eigenvalue weighted by atomic mass is 16.2. The lowest BCUT2D eigenvalue weighted by atomic mass is 10.2. The Morgan fingerprint density at radius 1 is 1.04 bits per heavy atom. The number of hydrogen-bond donors (Lipinski definition) is 2. The van der Waals surface area contributed by atoms with Gasteiger partial charge in [-0.3, -0.25) is 9.59 Å². The van der Waals surface area contributed by atoms with E-state index in [1.54, 1.807) is 4.90 Å². The van der Waals surface area contributed by atoms with E-state index in [1.807, 2.05) is 65.6 Å². The number of nitrogens with two attached hydrogens (primary N) is 1. The molecule has 27 heavy (non-hydrogen) atoms. The molecule has 6 nitrogen and oxygen atoms in total. The van der Waals surface area contributed by atoms with Gasteiger partial charge in [-0.1, -0.05) is 48.5 Å². The van der Waals surface area contributed by atoms with Gasteiger partial charge in [0.15, 0.2) is 0 Å². The molecule has 2 aromatic carbocycles. The molecule has 0 aliphatic carbocycles. The minimum absolute atomic E-state index is 0.00247. The molecule has 0 bridgehead atoms. The Hall–Kier alpha value is -2.86. The van der Waals surface area contributed by atoms with Crippen molar-refractivity contribution in [3.05, 3.63) is 66.2 Å². The zero-order valence-electron chi connectivity index (χ0n) is 15.4. The Balaban J connectivity index is 1.61. The number of hydrogen-bond acceptors (Lipinski definition) is 4. The fourth-order valence-electron chi connectivity index (χ4n) is 3.18. The quantitative estimate of drug-likeness (QED) is 0.776. The molecular weight excluding hydrogens is 340 g/mol. The van der Waals surface area contributed by atoms with E-state index in [2.05, 4.69) is 5.32 Å². The second-order valence-electron chi connectivity index (χ2n) is 6.84. The minimum Gasteiger partial charge on any atom is -0.353 e. The van der Waals surface area contributed by atoms with E-state index in [0.717, 1.165) is 17.7 Å². The Kier molecular flexibility index (Phi) is 6.44. The standard InChI is InChI=1S/C21H26N4O2/c22-18-11-12-24(14-18)21(27)16-25(19-9-5-2-6-10-19)15-20(26)23-13-17-7-3-1-4-8-17/h1-10,18H,11-16,22H2,(H,23,26). The van der Waals surface area contributed by atoms with Crippen molar-refractivity contribution in [2.45, 2.75) is 19.0 Å². The predicted molar refractivity (Wildman–Crippen MR) is 106 cm³/mol. The van der Waals surface area contributed by atoms with Gasteiger partial charge in [0.1, 0.15) is 0 Å². The van der Waals surface area contributed by atoms with Crippen LogP contribution in [-0.2, 0) is 16.1 Å². The van der Waals surface area contributed by atoms with Crippen molar-refractivity contribution in [2.24, 2.45) is 5.73 Å². The number of para-hydroxylation sites is 1. The molecule has 1 heterocycles. The van der Waals surface area contributed by atoms with Crippen LogP contribution < -0.4 is 16.0 Å². The summed E-state index contributed by atoms with van der Waals surface area (Å²) in [7, 11) is 0. The number of rotatable bonds is 7. The minimum atomic E-state index is -0.117. The highest BCUT2D eigenvalue weighted by Crippen LogP contribution is 2.15. The molecule has 3 N–H and O–H groups in total. The van der Waals surface area contributed by atoms with Gasteiger partial charge in [-0.25, -0.2) is 0 Å². The van der Waals surface area contributed by atoms with Crippen LogP contribution in [0.5, 0.6) is 0 Å². The molecule has 1 atom stereocenters. The smallest absolute Gasteiger partial charge is 0.242 e. The van der Waals surface area contributed by atoms with Crippen molar-refractivity contribution >= 4 is 17.5 Å². The number of amides is 2. The number of nitrogens with one attached hydrogen (secondary N) is 1. The van der Waals surface area contributed by atoms with E-state index in [9.17, 15) is 9.59 Å². The van der Waals surface area contributed by atoms with Crippen LogP contribution in [0, 0.1) is 0 Å². The Morgan fingerprint density at radius 2 is 1.70 bits per heavy atom. The van der Waals surface area contributed by atoms with Gasteiger partial charge < -0.3 is 20.9 Å². The normalized spacial score (nSPS) is 16.2. The molecule has 1 fully saturated rings. The summed E-state index contributed by atoms with van der Waals surface area (Å²) in [6.07, 6.45) is 0.828. The van der Waals surface area contributed by atoms with Crippen LogP contribution in [0.3, 0.4) is 0 Å². The molecule has 0 saturated carbocycles. The summed E-state index contributed by atoms with van der Waals surface area (Å²) < 4.78 is 0. The zero-order chi connectivity index (χ0) is 19.1. The molecule has 2 aromatic rings. The van der Waals surface area contributed by atoms with Crippen LogP contribution in [0.1, 0.15) is 12.0 Å². The molecule has 6 heteroatoms. The number of anilines is 1. The van der Waals surface area contributed by atoms with Crippen molar-refractivity contribution < 1.29 is 9.59 Å². The maximum absolute atomic E-state index is 12.6. The van der Waals surface area contributed by atoms with Gasteiger partial charge in [-0.05, 0) is 24.1 Å². The first-order valence-electron chi connectivity index (χ1n) is 9.26. The van der Waals surface area contributed by atoms with Gasteiger partial charge in [0, 0.05) is 31.4 Å². The average Bonchev–Trinajstić information content (AvgIpc) is 3.14. The molecule has 1 aliphatic heterocycles. The molecule has 0 radical (unpaired) electrons. The van der Waals surface area contributed by atoms with Gasteiger partial charge in [-0.15, -0.1) is 0 Å². The summed E-state index contributed by atoms with van der Waals surface area (Å²) in [5.74, 6) is -0.115. The second kappa shape index (κ2) is 9.19. The third-order valence-corrected chi connectivity index (χ3v) is 4.69. The summed E-state index contributed by atoms with van der Waals surface area (Å²) in [6, 6.07) is 19.4. The summed E-state index contributed by atoms with van der Waals surface area (Å²) in [4.78, 5) is 28.7. The summed E-state index contributed by atoms with van der Waals surface area (Å²) in [5.41, 5.74) is 7.80. The topological polar surface area (TPSA) is 78.7 Å². The van der Waals surface area contributed by atoms with Crippen LogP contribution in [0.15, 0.2) is 60.7 Å². The van der Waals surface area contributed by atoms with E-state index < -0.39 is 0 Å². The predicted octanol–water partition coefficient (Wildman–Crippen LogP) is 1.37. The zero-order valence-corrected chi connectivity index (χ0v) is 15.4. The summed E-state index contributed by atoms with van der Waals surface area (Å²) in [6.45, 7) is 2.03. The molecule has 2 amide bonds. The number of carbonyl (C=O) groups is 2. The van der Waals surface area contributed by atoms with Crippen molar-refractivity contribution in [1.29, 1.82) is 0 Å². The third-order valence-electron chi connectivity index (χ3n) is 4.69. The first kappa shape index (κ1) is 18.9. The monoisotopic (exact) mass is 366 g/mol. The van der Waals surface area contributed by atoms with Crippen LogP contribution in [0.25, 0.3) is 0 Å². The van der Waals surface area contributed by atoms with E-state index >= 15 is 0 Å². The van der Waals surface area contributed by atoms with Crippen LogP contribution in [0.2, 0.25) is 0 Å². The Bertz CT molecular complexity index is 751. The van der Waals surface area contributed by atoms with E-state index in [4.69, 9.17) is 5.73 Å². The molecule has 1 saturated heterocycles. The van der Waals surface area contributed by atoms with Crippen molar-refractivity contribution in [3.8, 4) is 0 Å². The van der Waals surface area contributed by atoms with Gasteiger partial charge in [0.2, 0.25) is 11.8 Å². The first-order valence-corrected chi connectivity index (χ1v) is 9.26. The van der Waals surface area contributed by atoms with E-state index in [0.29, 0.717) is 19.6 Å². The maximum atomic E-state index is 12.6. The van der Waals surface area contributed by atoms with Crippen molar-refractivity contribution in [1.82, 2.24) is 10.2 Å². The van der Waals surface area contributed by atoms with Crippen LogP contribution in [0.4, 0.5) is 5.69 Å². The van der Waals surface area contributed by atoms with Crippen LogP contribution >= 0.6 is 0 Å². The molecule has 0 spiro atoms. The number of benzene rings is 2. The highest BCUT2D eigenvalue weighted by Gasteiger charge is 2.25. The Morgan fingerprint density at radius 3 is 2.33 bits per heavy atom. The number of nitrogens with zero attached hydrogens (tertiary/aromatic N) is 2. The lowest BCUT2D eigenvalue weighted by molar-refractivity contribution is -0.128. The van der Waals surface area contributed by atoms with E-state index in [-0.39, 0.29) is 30.9 Å². The summed E-state index contributed by atoms with van der Waals surface area (Å²) >= 11 is 0. The highest BCUT2D eigenvalue weighted by molar-refractivity contribution is 5.86. The lowest BCUT2D eigenvalue weighted by Crippen LogP contribution is -2.44. The number of carbonyl (C=O) groups excluding carboxylic acids is 2. The molecule has 3 rings (SSSR count). The molecular formula is C21H26N4O2. The molecule has 1 unspecified atom stereocenters. The fraction of sp³-hybridized carbons (Fsp3) is 0.333. The third kappa shape index (κ3) is 5.56. The largest absolute Gasteiger partial charge is 0.353 e. The first-order chi connectivity index (χ1) is 13.1. The van der Waals surface area contributed by atoms with Crippen molar-refractivity contribution in [2.75, 3.05) is 31.1 Å². The lowest BCUT2D eigenvalue weighted by Gasteiger charge is -2.26. The van der Waals surface area contributed by atoms with Gasteiger partial charge in [0.25, 0.3) is 0 Å². The SMILES string of the molecule is NC1CCN(C(=O)CN(CC(=O)NCc2ccccc2)c2ccccc2)C1. The molecule has 142 valence electrons. The molecule has 1 aliphatic rings.